The number of carbonyl (C=O) groups excluding carboxylic acids is 1. The van der Waals surface area contributed by atoms with Crippen molar-refractivity contribution in [3.05, 3.63) is 100 Å². The van der Waals surface area contributed by atoms with Crippen LogP contribution in [0.25, 0.3) is 6.08 Å². The summed E-state index contributed by atoms with van der Waals surface area (Å²) in [5, 5.41) is 8.41. The zero-order chi connectivity index (χ0) is 20.9. The summed E-state index contributed by atoms with van der Waals surface area (Å²) in [6, 6.07) is 15.5. The fraction of sp³-hybridized carbons (Fsp3) is 0.0455. The number of halogens is 2. The molecule has 0 unspecified atom stereocenters. The summed E-state index contributed by atoms with van der Waals surface area (Å²) in [4.78, 5) is 14.8. The fourth-order valence-corrected chi connectivity index (χ4v) is 3.65. The van der Waals surface area contributed by atoms with Gasteiger partial charge in [0.25, 0.3) is 5.91 Å². The van der Waals surface area contributed by atoms with Gasteiger partial charge in [-0.3, -0.25) is 9.69 Å². The Morgan fingerprint density at radius 3 is 2.57 bits per heavy atom. The number of furan rings is 1. The fourth-order valence-electron chi connectivity index (χ4n) is 2.71. The van der Waals surface area contributed by atoms with Crippen LogP contribution < -0.4 is 0 Å². The molecule has 2 aromatic carbocycles. The van der Waals surface area contributed by atoms with Crippen molar-refractivity contribution in [2.24, 2.45) is 10.2 Å². The minimum atomic E-state index is -0.416. The minimum absolute atomic E-state index is 0.174. The molecule has 0 radical (unpaired) electrons. The molecule has 0 atom stereocenters. The number of carbonyl (C=O) groups is 1. The molecule has 1 aliphatic rings. The van der Waals surface area contributed by atoms with E-state index in [-0.39, 0.29) is 23.8 Å². The molecular weight excluding hydrogens is 408 g/mol. The Morgan fingerprint density at radius 2 is 1.83 bits per heavy atom. The number of amidine groups is 1. The molecule has 8 heteroatoms. The Labute approximate surface area is 175 Å². The van der Waals surface area contributed by atoms with Crippen molar-refractivity contribution in [1.29, 1.82) is 0 Å². The first-order valence-corrected chi connectivity index (χ1v) is 9.77. The first kappa shape index (κ1) is 19.8. The van der Waals surface area contributed by atoms with Gasteiger partial charge < -0.3 is 4.42 Å². The maximum Gasteiger partial charge on any atom is 0.267 e. The van der Waals surface area contributed by atoms with Gasteiger partial charge in [-0.1, -0.05) is 30.3 Å². The summed E-state index contributed by atoms with van der Waals surface area (Å²) in [7, 11) is 0. The van der Waals surface area contributed by atoms with Gasteiger partial charge >= 0.3 is 0 Å². The average Bonchev–Trinajstić information content (AvgIpc) is 3.35. The van der Waals surface area contributed by atoms with E-state index in [0.29, 0.717) is 21.4 Å². The Morgan fingerprint density at radius 1 is 1.03 bits per heavy atom. The van der Waals surface area contributed by atoms with Crippen LogP contribution in [0.2, 0.25) is 0 Å². The Hall–Kier alpha value is -3.52. The molecule has 4 rings (SSSR count). The summed E-state index contributed by atoms with van der Waals surface area (Å²) >= 11 is 1.13. The zero-order valence-electron chi connectivity index (χ0n) is 15.5. The van der Waals surface area contributed by atoms with Crippen molar-refractivity contribution in [3.8, 4) is 0 Å². The molecule has 1 saturated heterocycles. The van der Waals surface area contributed by atoms with Crippen LogP contribution in [-0.2, 0) is 11.3 Å². The molecule has 2 heterocycles. The standard InChI is InChI=1S/C22H15F2N3O2S/c23-17-9-7-15(8-10-17)12-20-21(28)27(14-18-5-3-11-29-18)22(30-20)26-25-13-16-4-1-2-6-19(16)24/h1-13H,14H2/b20-12-,25-13+,26-22-. The lowest BCUT2D eigenvalue weighted by Crippen LogP contribution is -2.28. The van der Waals surface area contributed by atoms with Crippen molar-refractivity contribution < 1.29 is 18.0 Å². The predicted molar refractivity (Wildman–Crippen MR) is 113 cm³/mol. The van der Waals surface area contributed by atoms with E-state index in [4.69, 9.17) is 4.42 Å². The van der Waals surface area contributed by atoms with Crippen LogP contribution in [0.3, 0.4) is 0 Å². The number of hydrogen-bond donors (Lipinski definition) is 0. The van der Waals surface area contributed by atoms with Crippen molar-refractivity contribution in [1.82, 2.24) is 4.90 Å². The second kappa shape index (κ2) is 8.87. The van der Waals surface area contributed by atoms with Crippen LogP contribution in [0.1, 0.15) is 16.9 Å². The first-order chi connectivity index (χ1) is 14.6. The minimum Gasteiger partial charge on any atom is -0.467 e. The number of rotatable bonds is 5. The van der Waals surface area contributed by atoms with E-state index in [9.17, 15) is 13.6 Å². The van der Waals surface area contributed by atoms with Crippen molar-refractivity contribution in [2.45, 2.75) is 6.54 Å². The lowest BCUT2D eigenvalue weighted by molar-refractivity contribution is -0.122. The Balaban J connectivity index is 1.62. The molecule has 1 amide bonds. The van der Waals surface area contributed by atoms with Crippen LogP contribution in [-0.4, -0.2) is 22.2 Å². The van der Waals surface area contributed by atoms with E-state index in [0.717, 1.165) is 11.8 Å². The summed E-state index contributed by atoms with van der Waals surface area (Å²) < 4.78 is 32.2. The van der Waals surface area contributed by atoms with Crippen molar-refractivity contribution >= 4 is 35.1 Å². The molecule has 1 aromatic heterocycles. The topological polar surface area (TPSA) is 58.2 Å². The quantitative estimate of drug-likeness (QED) is 0.327. The average molecular weight is 423 g/mol. The number of thioether (sulfide) groups is 1. The highest BCUT2D eigenvalue weighted by Crippen LogP contribution is 2.33. The molecule has 0 saturated carbocycles. The van der Waals surface area contributed by atoms with Gasteiger partial charge in [-0.05, 0) is 53.7 Å². The SMILES string of the molecule is O=C1/C(=C/c2ccc(F)cc2)S/C(=N\N=C\c2ccccc2F)N1Cc1ccco1. The summed E-state index contributed by atoms with van der Waals surface area (Å²) in [5.74, 6) is -0.467. The molecule has 30 heavy (non-hydrogen) atoms. The van der Waals surface area contributed by atoms with Gasteiger partial charge in [0.1, 0.15) is 17.4 Å². The van der Waals surface area contributed by atoms with E-state index in [2.05, 4.69) is 10.2 Å². The van der Waals surface area contributed by atoms with Crippen LogP contribution in [0, 0.1) is 11.6 Å². The summed E-state index contributed by atoms with van der Waals surface area (Å²) in [6.07, 6.45) is 4.47. The number of nitrogens with zero attached hydrogens (tertiary/aromatic N) is 3. The highest BCUT2D eigenvalue weighted by atomic mass is 32.2. The second-order valence-corrected chi connectivity index (χ2v) is 7.29. The number of amides is 1. The van der Waals surface area contributed by atoms with Gasteiger partial charge in [0, 0.05) is 5.56 Å². The Bertz CT molecular complexity index is 1140. The predicted octanol–water partition coefficient (Wildman–Crippen LogP) is 5.06. The molecule has 1 aliphatic heterocycles. The van der Waals surface area contributed by atoms with Crippen molar-refractivity contribution in [3.63, 3.8) is 0 Å². The van der Waals surface area contributed by atoms with Crippen LogP contribution in [0.15, 0.2) is 86.5 Å². The maximum atomic E-state index is 13.8. The number of hydrogen-bond acceptors (Lipinski definition) is 5. The molecule has 1 fully saturated rings. The van der Waals surface area contributed by atoms with Crippen LogP contribution >= 0.6 is 11.8 Å². The molecule has 0 N–H and O–H groups in total. The van der Waals surface area contributed by atoms with E-state index < -0.39 is 5.82 Å². The van der Waals surface area contributed by atoms with E-state index in [1.807, 2.05) is 0 Å². The maximum absolute atomic E-state index is 13.8. The lowest BCUT2D eigenvalue weighted by atomic mass is 10.2. The van der Waals surface area contributed by atoms with Gasteiger partial charge in [-0.2, -0.15) is 5.10 Å². The van der Waals surface area contributed by atoms with Crippen molar-refractivity contribution in [2.75, 3.05) is 0 Å². The third kappa shape index (κ3) is 4.55. The van der Waals surface area contributed by atoms with E-state index in [1.165, 1.54) is 35.6 Å². The molecule has 5 nitrogen and oxygen atoms in total. The molecule has 0 aliphatic carbocycles. The smallest absolute Gasteiger partial charge is 0.267 e. The second-order valence-electron chi connectivity index (χ2n) is 6.28. The molecule has 3 aromatic rings. The van der Waals surface area contributed by atoms with Gasteiger partial charge in [-0.15, -0.1) is 5.10 Å². The third-order valence-corrected chi connectivity index (χ3v) is 5.19. The zero-order valence-corrected chi connectivity index (χ0v) is 16.4. The summed E-state index contributed by atoms with van der Waals surface area (Å²) in [5.41, 5.74) is 0.970. The first-order valence-electron chi connectivity index (χ1n) is 8.95. The lowest BCUT2D eigenvalue weighted by Gasteiger charge is -2.12. The molecule has 150 valence electrons. The summed E-state index contributed by atoms with van der Waals surface area (Å²) in [6.45, 7) is 0.174. The van der Waals surface area contributed by atoms with Crippen LogP contribution in [0.4, 0.5) is 8.78 Å². The number of benzene rings is 2. The van der Waals surface area contributed by atoms with Crippen LogP contribution in [0.5, 0.6) is 0 Å². The third-order valence-electron chi connectivity index (χ3n) is 4.20. The van der Waals surface area contributed by atoms with Gasteiger partial charge in [0.15, 0.2) is 5.17 Å². The molecule has 0 bridgehead atoms. The van der Waals surface area contributed by atoms with Gasteiger partial charge in [0.2, 0.25) is 0 Å². The highest BCUT2D eigenvalue weighted by Gasteiger charge is 2.34. The molecule has 0 spiro atoms. The normalized spacial score (nSPS) is 17.0. The van der Waals surface area contributed by atoms with E-state index >= 15 is 0 Å². The highest BCUT2D eigenvalue weighted by molar-refractivity contribution is 8.18. The van der Waals surface area contributed by atoms with E-state index in [1.54, 1.807) is 48.5 Å². The van der Waals surface area contributed by atoms with Gasteiger partial charge in [-0.25, -0.2) is 8.78 Å². The Kier molecular flexibility index (Phi) is 5.85. The monoisotopic (exact) mass is 423 g/mol. The van der Waals surface area contributed by atoms with Gasteiger partial charge in [0.05, 0.1) is 23.9 Å². The largest absolute Gasteiger partial charge is 0.467 e. The molecular formula is C22H15F2N3O2S.